The monoisotopic (exact) mass is 470 g/mol. The number of carbonyl (C=O) groups is 1. The van der Waals surface area contributed by atoms with E-state index in [9.17, 15) is 22.9 Å². The SMILES string of the molecule is Cc1cnc([S+]([O-])Cc2ccccc2C(=O)O)c(NS(=O)(=O)c2cc3ccccc3o2)c1. The van der Waals surface area contributed by atoms with Crippen LogP contribution in [0.2, 0.25) is 0 Å². The second kappa shape index (κ2) is 8.65. The lowest BCUT2D eigenvalue weighted by Gasteiger charge is -2.15. The van der Waals surface area contributed by atoms with Crippen molar-refractivity contribution in [3.8, 4) is 0 Å². The van der Waals surface area contributed by atoms with E-state index in [0.29, 0.717) is 22.1 Å². The van der Waals surface area contributed by atoms with E-state index in [0.717, 1.165) is 0 Å². The van der Waals surface area contributed by atoms with Gasteiger partial charge in [0.05, 0.1) is 5.56 Å². The molecule has 0 saturated carbocycles. The third kappa shape index (κ3) is 4.47. The van der Waals surface area contributed by atoms with Gasteiger partial charge in [0.15, 0.2) is 0 Å². The predicted octanol–water partition coefficient (Wildman–Crippen LogP) is 3.94. The highest BCUT2D eigenvalue weighted by Crippen LogP contribution is 2.29. The van der Waals surface area contributed by atoms with E-state index in [1.54, 1.807) is 49.4 Å². The largest absolute Gasteiger partial charge is 0.610 e. The number of anilines is 1. The molecule has 0 amide bonds. The number of fused-ring (bicyclic) bond motifs is 1. The zero-order valence-corrected chi connectivity index (χ0v) is 18.4. The first-order valence-corrected chi connectivity index (χ1v) is 12.2. The maximum absolute atomic E-state index is 13.1. The molecule has 4 aromatic rings. The summed E-state index contributed by atoms with van der Waals surface area (Å²) in [5.74, 6) is -1.28. The number of hydrogen-bond donors (Lipinski definition) is 2. The molecule has 2 N–H and O–H groups in total. The summed E-state index contributed by atoms with van der Waals surface area (Å²) in [6.45, 7) is 1.72. The molecular weight excluding hydrogens is 452 g/mol. The first kappa shape index (κ1) is 21.9. The van der Waals surface area contributed by atoms with E-state index in [2.05, 4.69) is 9.71 Å². The van der Waals surface area contributed by atoms with Crippen molar-refractivity contribution in [2.75, 3.05) is 4.72 Å². The third-order valence-electron chi connectivity index (χ3n) is 4.65. The highest BCUT2D eigenvalue weighted by Gasteiger charge is 2.27. The van der Waals surface area contributed by atoms with Gasteiger partial charge in [-0.2, -0.15) is 8.42 Å². The molecule has 0 saturated heterocycles. The van der Waals surface area contributed by atoms with Gasteiger partial charge in [0.2, 0.25) is 5.09 Å². The van der Waals surface area contributed by atoms with Gasteiger partial charge in [0.1, 0.15) is 17.0 Å². The smallest absolute Gasteiger partial charge is 0.336 e. The van der Waals surface area contributed by atoms with E-state index < -0.39 is 27.2 Å². The summed E-state index contributed by atoms with van der Waals surface area (Å²) in [4.78, 5) is 15.6. The quantitative estimate of drug-likeness (QED) is 0.391. The van der Waals surface area contributed by atoms with E-state index >= 15 is 0 Å². The van der Waals surface area contributed by atoms with E-state index in [1.807, 2.05) is 0 Å². The molecule has 0 aliphatic rings. The van der Waals surface area contributed by atoms with Gasteiger partial charge < -0.3 is 14.1 Å². The van der Waals surface area contributed by atoms with E-state index in [-0.39, 0.29) is 27.1 Å². The number of para-hydroxylation sites is 1. The van der Waals surface area contributed by atoms with Gasteiger partial charge in [-0.25, -0.2) is 9.78 Å². The van der Waals surface area contributed by atoms with Crippen LogP contribution < -0.4 is 4.72 Å². The number of rotatable bonds is 7. The number of nitrogens with one attached hydrogen (secondary N) is 1. The molecule has 0 radical (unpaired) electrons. The number of aromatic nitrogens is 1. The molecule has 0 aliphatic heterocycles. The highest BCUT2D eigenvalue weighted by molar-refractivity contribution is 7.93. The number of carboxylic acid groups (broad SMARTS) is 1. The zero-order valence-electron chi connectivity index (χ0n) is 16.8. The molecule has 0 aliphatic carbocycles. The molecule has 4 rings (SSSR count). The lowest BCUT2D eigenvalue weighted by molar-refractivity contribution is 0.0696. The van der Waals surface area contributed by atoms with Crippen molar-refractivity contribution in [1.29, 1.82) is 0 Å². The predicted molar refractivity (Wildman–Crippen MR) is 120 cm³/mol. The first-order chi connectivity index (χ1) is 15.2. The van der Waals surface area contributed by atoms with Crippen LogP contribution >= 0.6 is 0 Å². The minimum atomic E-state index is -4.13. The van der Waals surface area contributed by atoms with Crippen LogP contribution in [-0.4, -0.2) is 29.0 Å². The maximum atomic E-state index is 13.1. The fraction of sp³-hybridized carbons (Fsp3) is 0.0909. The number of carboxylic acids is 1. The Bertz CT molecular complexity index is 1380. The van der Waals surface area contributed by atoms with E-state index in [4.69, 9.17) is 4.42 Å². The number of nitrogens with zero attached hydrogens (tertiary/aromatic N) is 1. The number of aromatic carboxylic acids is 1. The van der Waals surface area contributed by atoms with Crippen molar-refractivity contribution in [1.82, 2.24) is 4.98 Å². The molecule has 10 heteroatoms. The van der Waals surface area contributed by atoms with E-state index in [1.165, 1.54) is 24.4 Å². The second-order valence-electron chi connectivity index (χ2n) is 7.03. The molecule has 1 atom stereocenters. The van der Waals surface area contributed by atoms with Crippen LogP contribution in [0.3, 0.4) is 0 Å². The Kier molecular flexibility index (Phi) is 5.92. The summed E-state index contributed by atoms with van der Waals surface area (Å²) in [5.41, 5.74) is 1.49. The Balaban J connectivity index is 1.67. The van der Waals surface area contributed by atoms with Gasteiger partial charge in [0, 0.05) is 34.4 Å². The molecule has 32 heavy (non-hydrogen) atoms. The Hall–Kier alpha value is -3.34. The van der Waals surface area contributed by atoms with Crippen LogP contribution in [0, 0.1) is 6.92 Å². The van der Waals surface area contributed by atoms with Gasteiger partial charge in [0.25, 0.3) is 15.0 Å². The summed E-state index contributed by atoms with van der Waals surface area (Å²) in [6, 6.07) is 16.0. The van der Waals surface area contributed by atoms with Crippen LogP contribution in [0.4, 0.5) is 5.69 Å². The molecule has 0 fully saturated rings. The number of sulfonamides is 1. The molecule has 8 nitrogen and oxygen atoms in total. The molecule has 2 heterocycles. The minimum Gasteiger partial charge on any atom is -0.610 e. The van der Waals surface area contributed by atoms with Crippen molar-refractivity contribution in [2.24, 2.45) is 0 Å². The van der Waals surface area contributed by atoms with Crippen LogP contribution in [0.1, 0.15) is 21.5 Å². The van der Waals surface area contributed by atoms with Crippen molar-refractivity contribution in [3.63, 3.8) is 0 Å². The van der Waals surface area contributed by atoms with Crippen LogP contribution in [0.5, 0.6) is 0 Å². The molecule has 0 bridgehead atoms. The third-order valence-corrected chi connectivity index (χ3v) is 7.20. The summed E-state index contributed by atoms with van der Waals surface area (Å²) < 4.78 is 46.9. The Labute approximate surface area is 187 Å². The van der Waals surface area contributed by atoms with Crippen LogP contribution in [0.25, 0.3) is 11.0 Å². The summed E-state index contributed by atoms with van der Waals surface area (Å²) >= 11 is -1.82. The zero-order chi connectivity index (χ0) is 22.9. The summed E-state index contributed by atoms with van der Waals surface area (Å²) in [5, 5.41) is 9.70. The summed E-state index contributed by atoms with van der Waals surface area (Å²) in [6.07, 6.45) is 1.47. The lowest BCUT2D eigenvalue weighted by Crippen LogP contribution is -2.18. The standard InChI is InChI=1S/C22H18N2O6S2/c1-14-10-18(24-32(28,29)20-11-15-6-3-5-9-19(15)30-20)21(23-12-14)31(27)13-16-7-2-4-8-17(16)22(25)26/h2-12,24H,13H2,1H3,(H,25,26). The van der Waals surface area contributed by atoms with Crippen molar-refractivity contribution in [2.45, 2.75) is 22.8 Å². The number of benzene rings is 2. The van der Waals surface area contributed by atoms with Gasteiger partial charge >= 0.3 is 5.97 Å². The van der Waals surface area contributed by atoms with Crippen LogP contribution in [0.15, 0.2) is 81.4 Å². The number of furan rings is 1. The average Bonchev–Trinajstić information content (AvgIpc) is 3.19. The van der Waals surface area contributed by atoms with Crippen molar-refractivity contribution >= 4 is 43.8 Å². The molecule has 2 aromatic carbocycles. The Morgan fingerprint density at radius 1 is 1.16 bits per heavy atom. The van der Waals surface area contributed by atoms with Gasteiger partial charge in [-0.15, -0.1) is 0 Å². The lowest BCUT2D eigenvalue weighted by atomic mass is 10.1. The minimum absolute atomic E-state index is 0.00419. The van der Waals surface area contributed by atoms with Gasteiger partial charge in [-0.1, -0.05) is 36.4 Å². The van der Waals surface area contributed by atoms with Crippen LogP contribution in [-0.2, 0) is 27.0 Å². The molecule has 0 spiro atoms. The fourth-order valence-electron chi connectivity index (χ4n) is 3.16. The maximum Gasteiger partial charge on any atom is 0.336 e. The summed E-state index contributed by atoms with van der Waals surface area (Å²) in [7, 11) is -4.13. The molecule has 164 valence electrons. The number of pyridine rings is 1. The number of aryl methyl sites for hydroxylation is 1. The van der Waals surface area contributed by atoms with Gasteiger partial charge in [-0.05, 0) is 30.7 Å². The Morgan fingerprint density at radius 2 is 1.88 bits per heavy atom. The molecule has 1 unspecified atom stereocenters. The fourth-order valence-corrected chi connectivity index (χ4v) is 5.45. The molecular formula is C22H18N2O6S2. The second-order valence-corrected chi connectivity index (χ2v) is 10.0. The average molecular weight is 471 g/mol. The highest BCUT2D eigenvalue weighted by atomic mass is 32.2. The van der Waals surface area contributed by atoms with Crippen molar-refractivity contribution in [3.05, 3.63) is 83.6 Å². The molecule has 2 aromatic heterocycles. The van der Waals surface area contributed by atoms with Gasteiger partial charge in [-0.3, -0.25) is 4.72 Å². The Morgan fingerprint density at radius 3 is 2.62 bits per heavy atom. The number of hydrogen-bond acceptors (Lipinski definition) is 6. The topological polar surface area (TPSA) is 133 Å². The van der Waals surface area contributed by atoms with Crippen molar-refractivity contribution < 1.29 is 27.3 Å². The normalized spacial score (nSPS) is 12.6. The first-order valence-electron chi connectivity index (χ1n) is 9.42.